The maximum absolute atomic E-state index is 13.4. The summed E-state index contributed by atoms with van der Waals surface area (Å²) >= 11 is 3.68. The Hall–Kier alpha value is -3.38. The zero-order valence-corrected chi connectivity index (χ0v) is 21.8. The summed E-state index contributed by atoms with van der Waals surface area (Å²) in [6.07, 6.45) is 2.10. The average Bonchev–Trinajstić information content (AvgIpc) is 3.27. The monoisotopic (exact) mass is 528 g/mol. The van der Waals surface area contributed by atoms with E-state index in [-0.39, 0.29) is 17.7 Å². The Labute approximate surface area is 213 Å². The predicted molar refractivity (Wildman–Crippen MR) is 145 cm³/mol. The molecule has 5 rings (SSSR count). The van der Waals surface area contributed by atoms with Crippen molar-refractivity contribution < 1.29 is 4.79 Å². The zero-order valence-electron chi connectivity index (χ0n) is 20.3. The van der Waals surface area contributed by atoms with Crippen molar-refractivity contribution in [1.82, 2.24) is 13.7 Å². The van der Waals surface area contributed by atoms with Gasteiger partial charge in [-0.25, -0.2) is 0 Å². The molecule has 0 aliphatic rings. The standard InChI is InChI=1S/C29H29BrN4O/c1-29(2,3)19-32-17-23(30)22-15-21(13-14-24(22)32)27(35)18-34-26-12-8-7-11-25(26)33(28(34)31)16-20-9-5-4-6-10-20/h4-15,17,31H,16,18-19H2,1-3H3. The number of ketones is 1. The average molecular weight is 529 g/mol. The van der Waals surface area contributed by atoms with E-state index in [4.69, 9.17) is 5.41 Å². The second-order valence-electron chi connectivity index (χ2n) is 10.3. The molecule has 0 atom stereocenters. The van der Waals surface area contributed by atoms with Crippen LogP contribution in [0.4, 0.5) is 0 Å². The summed E-state index contributed by atoms with van der Waals surface area (Å²) in [4.78, 5) is 13.4. The van der Waals surface area contributed by atoms with Crippen LogP contribution in [0.15, 0.2) is 83.5 Å². The molecule has 5 nitrogen and oxygen atoms in total. The number of nitrogens with one attached hydrogen (secondary N) is 1. The quantitative estimate of drug-likeness (QED) is 0.247. The van der Waals surface area contributed by atoms with Crippen molar-refractivity contribution in [2.75, 3.05) is 0 Å². The van der Waals surface area contributed by atoms with Crippen LogP contribution in [0.3, 0.4) is 0 Å². The van der Waals surface area contributed by atoms with Crippen LogP contribution in [0.5, 0.6) is 0 Å². The van der Waals surface area contributed by atoms with Crippen LogP contribution in [-0.2, 0) is 19.6 Å². The van der Waals surface area contributed by atoms with Crippen LogP contribution < -0.4 is 5.62 Å². The highest BCUT2D eigenvalue weighted by Crippen LogP contribution is 2.30. The minimum absolute atomic E-state index is 0.0107. The lowest BCUT2D eigenvalue weighted by atomic mass is 9.97. The largest absolute Gasteiger partial charge is 0.346 e. The van der Waals surface area contributed by atoms with Gasteiger partial charge in [0.2, 0.25) is 5.62 Å². The number of hydrogen-bond acceptors (Lipinski definition) is 2. The molecule has 0 fully saturated rings. The van der Waals surface area contributed by atoms with E-state index < -0.39 is 0 Å². The number of imidazole rings is 1. The van der Waals surface area contributed by atoms with Crippen LogP contribution in [0.2, 0.25) is 0 Å². The van der Waals surface area contributed by atoms with Crippen LogP contribution >= 0.6 is 15.9 Å². The van der Waals surface area contributed by atoms with Crippen molar-refractivity contribution in [1.29, 1.82) is 5.41 Å². The third kappa shape index (κ3) is 4.63. The summed E-state index contributed by atoms with van der Waals surface area (Å²) in [5, 5.41) is 9.93. The normalized spacial score (nSPS) is 12.0. The Morgan fingerprint density at radius 3 is 2.23 bits per heavy atom. The number of para-hydroxylation sites is 2. The second-order valence-corrected chi connectivity index (χ2v) is 11.1. The van der Waals surface area contributed by atoms with Gasteiger partial charge in [0, 0.05) is 33.7 Å². The van der Waals surface area contributed by atoms with E-state index in [0.717, 1.165) is 38.5 Å². The molecule has 0 saturated heterocycles. The van der Waals surface area contributed by atoms with Gasteiger partial charge in [0.05, 0.1) is 24.1 Å². The van der Waals surface area contributed by atoms with Crippen LogP contribution in [0.25, 0.3) is 21.9 Å². The number of hydrogen-bond donors (Lipinski definition) is 1. The van der Waals surface area contributed by atoms with Crippen molar-refractivity contribution in [2.45, 2.75) is 40.4 Å². The van der Waals surface area contributed by atoms with Crippen molar-refractivity contribution in [3.63, 3.8) is 0 Å². The number of carbonyl (C=O) groups is 1. The minimum atomic E-state index is -0.0107. The Balaban J connectivity index is 1.50. The topological polar surface area (TPSA) is 55.7 Å². The summed E-state index contributed by atoms with van der Waals surface area (Å²) in [6.45, 7) is 8.24. The minimum Gasteiger partial charge on any atom is -0.346 e. The van der Waals surface area contributed by atoms with Gasteiger partial charge in [-0.3, -0.25) is 10.2 Å². The third-order valence-electron chi connectivity index (χ3n) is 6.26. The Bertz CT molecular complexity index is 1600. The maximum atomic E-state index is 13.4. The van der Waals surface area contributed by atoms with E-state index in [2.05, 4.69) is 59.6 Å². The van der Waals surface area contributed by atoms with E-state index in [9.17, 15) is 4.79 Å². The number of halogens is 1. The van der Waals surface area contributed by atoms with Gasteiger partial charge in [0.15, 0.2) is 5.78 Å². The van der Waals surface area contributed by atoms with E-state index in [0.29, 0.717) is 17.7 Å². The summed E-state index contributed by atoms with van der Waals surface area (Å²) in [6, 6.07) is 23.9. The number of aromatic nitrogens is 3. The molecule has 0 amide bonds. The van der Waals surface area contributed by atoms with E-state index in [1.165, 1.54) is 0 Å². The lowest BCUT2D eigenvalue weighted by Gasteiger charge is -2.19. The molecule has 5 aromatic rings. The second kappa shape index (κ2) is 9.00. The molecular weight excluding hydrogens is 500 g/mol. The van der Waals surface area contributed by atoms with Gasteiger partial charge in [0.25, 0.3) is 0 Å². The molecule has 6 heteroatoms. The van der Waals surface area contributed by atoms with Crippen LogP contribution in [0, 0.1) is 10.8 Å². The predicted octanol–water partition coefficient (Wildman–Crippen LogP) is 6.62. The van der Waals surface area contributed by atoms with Gasteiger partial charge in [-0.1, -0.05) is 63.2 Å². The number of Topliss-reactive ketones (excluding diaryl/α,β-unsaturated/α-hetero) is 1. The lowest BCUT2D eigenvalue weighted by molar-refractivity contribution is 0.0971. The fourth-order valence-corrected chi connectivity index (χ4v) is 5.25. The Morgan fingerprint density at radius 2 is 1.54 bits per heavy atom. The molecule has 0 bridgehead atoms. The van der Waals surface area contributed by atoms with Crippen molar-refractivity contribution in [2.24, 2.45) is 5.41 Å². The summed E-state index contributed by atoms with van der Waals surface area (Å²) in [7, 11) is 0. The first kappa shape index (κ1) is 23.4. The lowest BCUT2D eigenvalue weighted by Crippen LogP contribution is -2.27. The first-order chi connectivity index (χ1) is 16.7. The first-order valence-corrected chi connectivity index (χ1v) is 12.6. The van der Waals surface area contributed by atoms with Crippen molar-refractivity contribution >= 4 is 43.6 Å². The highest BCUT2D eigenvalue weighted by Gasteiger charge is 2.18. The van der Waals surface area contributed by atoms with Gasteiger partial charge in [-0.2, -0.15) is 0 Å². The summed E-state index contributed by atoms with van der Waals surface area (Å²) in [5.41, 5.74) is 5.19. The number of nitrogens with zero attached hydrogens (tertiary/aromatic N) is 3. The number of benzene rings is 3. The van der Waals surface area contributed by atoms with Gasteiger partial charge >= 0.3 is 0 Å². The van der Waals surface area contributed by atoms with E-state index in [1.807, 2.05) is 69.8 Å². The Morgan fingerprint density at radius 1 is 0.886 bits per heavy atom. The van der Waals surface area contributed by atoms with Gasteiger partial charge in [-0.05, 0) is 57.2 Å². The van der Waals surface area contributed by atoms with E-state index >= 15 is 0 Å². The highest BCUT2D eigenvalue weighted by atomic mass is 79.9. The third-order valence-corrected chi connectivity index (χ3v) is 6.89. The number of carbonyl (C=O) groups excluding carboxylic acids is 1. The van der Waals surface area contributed by atoms with Crippen molar-refractivity contribution in [3.05, 3.63) is 100 Å². The molecule has 3 aromatic carbocycles. The number of rotatable bonds is 6. The van der Waals surface area contributed by atoms with E-state index in [1.54, 1.807) is 0 Å². The molecule has 0 spiro atoms. The molecule has 2 heterocycles. The highest BCUT2D eigenvalue weighted by molar-refractivity contribution is 9.10. The zero-order chi connectivity index (χ0) is 24.7. The van der Waals surface area contributed by atoms with Crippen LogP contribution in [0.1, 0.15) is 36.7 Å². The molecule has 0 saturated carbocycles. The Kier molecular flexibility index (Phi) is 6.01. The molecule has 178 valence electrons. The smallest absolute Gasteiger partial charge is 0.203 e. The number of fused-ring (bicyclic) bond motifs is 2. The molecule has 35 heavy (non-hydrogen) atoms. The maximum Gasteiger partial charge on any atom is 0.203 e. The SMILES string of the molecule is CC(C)(C)Cn1cc(Br)c2cc(C(=O)Cn3c(=N)n(Cc4ccccc4)c4ccccc43)ccc21. The summed E-state index contributed by atoms with van der Waals surface area (Å²) in [5.74, 6) is -0.0107. The fraction of sp³-hybridized carbons (Fsp3) is 0.241. The van der Waals surface area contributed by atoms with Crippen molar-refractivity contribution in [3.8, 4) is 0 Å². The van der Waals surface area contributed by atoms with Gasteiger partial charge in [0.1, 0.15) is 0 Å². The molecule has 2 aromatic heterocycles. The molecular formula is C29H29BrN4O. The molecule has 0 unspecified atom stereocenters. The molecule has 0 aliphatic carbocycles. The molecule has 1 N–H and O–H groups in total. The molecule has 0 aliphatic heterocycles. The first-order valence-electron chi connectivity index (χ1n) is 11.8. The molecule has 0 radical (unpaired) electrons. The van der Waals surface area contributed by atoms with Crippen LogP contribution in [-0.4, -0.2) is 19.5 Å². The fourth-order valence-electron chi connectivity index (χ4n) is 4.68. The summed E-state index contributed by atoms with van der Waals surface area (Å²) < 4.78 is 7.00. The van der Waals surface area contributed by atoms with Gasteiger partial charge in [-0.15, -0.1) is 0 Å². The van der Waals surface area contributed by atoms with Gasteiger partial charge < -0.3 is 13.7 Å².